The van der Waals surface area contributed by atoms with E-state index in [2.05, 4.69) is 24.5 Å². The predicted octanol–water partition coefficient (Wildman–Crippen LogP) is 0.0538. The molecule has 1 amide bonds. The fourth-order valence-corrected chi connectivity index (χ4v) is 1.45. The minimum Gasteiger partial charge on any atom is -0.466 e. The summed E-state index contributed by atoms with van der Waals surface area (Å²) in [5, 5.41) is 5.69. The average Bonchev–Trinajstić information content (AvgIpc) is 2.21. The molecule has 1 saturated heterocycles. The van der Waals surface area contributed by atoms with Crippen molar-refractivity contribution in [1.29, 1.82) is 0 Å². The number of piperazine rings is 1. The predicted molar refractivity (Wildman–Crippen MR) is 59.8 cm³/mol. The van der Waals surface area contributed by atoms with E-state index < -0.39 is 6.04 Å². The number of rotatable bonds is 5. The molecule has 0 unspecified atom stereocenters. The Morgan fingerprint density at radius 2 is 2.25 bits per heavy atom. The molecule has 0 saturated carbocycles. The molecule has 2 N–H and O–H groups in total. The van der Waals surface area contributed by atoms with E-state index in [0.717, 1.165) is 6.42 Å². The Bertz CT molecular complexity index is 254. The lowest BCUT2D eigenvalue weighted by molar-refractivity contribution is -0.146. The molecular weight excluding hydrogens is 208 g/mol. The van der Waals surface area contributed by atoms with Crippen LogP contribution in [0.15, 0.2) is 0 Å². The highest BCUT2D eigenvalue weighted by Crippen LogP contribution is 2.02. The van der Waals surface area contributed by atoms with Crippen LogP contribution in [0.4, 0.5) is 0 Å². The van der Waals surface area contributed by atoms with Gasteiger partial charge >= 0.3 is 5.97 Å². The number of nitrogens with one attached hydrogen (secondary N) is 2. The Labute approximate surface area is 95.9 Å². The third kappa shape index (κ3) is 4.61. The largest absolute Gasteiger partial charge is 0.466 e. The second-order valence-corrected chi connectivity index (χ2v) is 4.40. The first-order valence-electron chi connectivity index (χ1n) is 5.76. The summed E-state index contributed by atoms with van der Waals surface area (Å²) in [6.07, 6.45) is 0.972. The van der Waals surface area contributed by atoms with Crippen LogP contribution >= 0.6 is 0 Å². The highest BCUT2D eigenvalue weighted by molar-refractivity contribution is 5.87. The monoisotopic (exact) mass is 228 g/mol. The van der Waals surface area contributed by atoms with Gasteiger partial charge in [0, 0.05) is 13.1 Å². The number of carbonyl (C=O) groups is 2. The molecule has 1 rings (SSSR count). The van der Waals surface area contributed by atoms with Gasteiger partial charge in [-0.15, -0.1) is 0 Å². The number of hydrogen-bond acceptors (Lipinski definition) is 4. The van der Waals surface area contributed by atoms with Crippen LogP contribution in [0.3, 0.4) is 0 Å². The normalized spacial score (nSPS) is 20.7. The molecule has 1 heterocycles. The lowest BCUT2D eigenvalue weighted by Gasteiger charge is -2.22. The van der Waals surface area contributed by atoms with E-state index in [1.165, 1.54) is 0 Å². The van der Waals surface area contributed by atoms with Crippen LogP contribution in [0.2, 0.25) is 0 Å². The molecule has 0 radical (unpaired) electrons. The third-order valence-corrected chi connectivity index (χ3v) is 2.46. The van der Waals surface area contributed by atoms with Gasteiger partial charge in [-0.3, -0.25) is 9.59 Å². The van der Waals surface area contributed by atoms with E-state index in [-0.39, 0.29) is 18.3 Å². The zero-order valence-electron chi connectivity index (χ0n) is 9.91. The second kappa shape index (κ2) is 6.48. The van der Waals surface area contributed by atoms with E-state index in [9.17, 15) is 9.59 Å². The summed E-state index contributed by atoms with van der Waals surface area (Å²) in [5.74, 6) is 0.0890. The van der Waals surface area contributed by atoms with Gasteiger partial charge in [0.1, 0.15) is 0 Å². The van der Waals surface area contributed by atoms with Gasteiger partial charge in [-0.25, -0.2) is 0 Å². The lowest BCUT2D eigenvalue weighted by atomic mass is 10.1. The number of amides is 1. The summed E-state index contributed by atoms with van der Waals surface area (Å²) in [5.41, 5.74) is 0. The van der Waals surface area contributed by atoms with E-state index in [4.69, 9.17) is 4.74 Å². The highest BCUT2D eigenvalue weighted by atomic mass is 16.5. The van der Waals surface area contributed by atoms with E-state index >= 15 is 0 Å². The Kier molecular flexibility index (Phi) is 5.25. The van der Waals surface area contributed by atoms with E-state index in [1.807, 2.05) is 0 Å². The quantitative estimate of drug-likeness (QED) is 0.653. The Morgan fingerprint density at radius 3 is 2.88 bits per heavy atom. The van der Waals surface area contributed by atoms with Gasteiger partial charge in [-0.1, -0.05) is 13.8 Å². The van der Waals surface area contributed by atoms with Crippen LogP contribution in [0.5, 0.6) is 0 Å². The van der Waals surface area contributed by atoms with E-state index in [0.29, 0.717) is 25.6 Å². The molecule has 5 heteroatoms. The molecule has 0 aromatic carbocycles. The minimum absolute atomic E-state index is 0.115. The number of carbonyl (C=O) groups excluding carboxylic acids is 2. The van der Waals surface area contributed by atoms with E-state index in [1.54, 1.807) is 0 Å². The molecule has 0 bridgehead atoms. The summed E-state index contributed by atoms with van der Waals surface area (Å²) in [4.78, 5) is 22.7. The molecule has 92 valence electrons. The molecular formula is C11H20N2O3. The van der Waals surface area contributed by atoms with Crippen molar-refractivity contribution in [3.63, 3.8) is 0 Å². The van der Waals surface area contributed by atoms with Crippen molar-refractivity contribution in [2.45, 2.75) is 32.7 Å². The van der Waals surface area contributed by atoms with Crippen LogP contribution in [0.25, 0.3) is 0 Å². The van der Waals surface area contributed by atoms with Crippen molar-refractivity contribution in [2.75, 3.05) is 19.7 Å². The third-order valence-electron chi connectivity index (χ3n) is 2.46. The zero-order valence-corrected chi connectivity index (χ0v) is 9.91. The summed E-state index contributed by atoms with van der Waals surface area (Å²) in [6, 6.07) is -0.430. The zero-order chi connectivity index (χ0) is 12.0. The first-order chi connectivity index (χ1) is 7.59. The molecule has 0 aliphatic carbocycles. The van der Waals surface area contributed by atoms with Crippen molar-refractivity contribution in [3.8, 4) is 0 Å². The van der Waals surface area contributed by atoms with Gasteiger partial charge in [0.2, 0.25) is 5.91 Å². The van der Waals surface area contributed by atoms with Gasteiger partial charge in [-0.2, -0.15) is 0 Å². The Morgan fingerprint density at radius 1 is 1.50 bits per heavy atom. The van der Waals surface area contributed by atoms with Crippen LogP contribution in [-0.4, -0.2) is 37.6 Å². The van der Waals surface area contributed by atoms with Crippen LogP contribution in [0.1, 0.15) is 26.7 Å². The van der Waals surface area contributed by atoms with Gasteiger partial charge in [-0.05, 0) is 12.3 Å². The van der Waals surface area contributed by atoms with Crippen molar-refractivity contribution in [3.05, 3.63) is 0 Å². The number of esters is 1. The van der Waals surface area contributed by atoms with Crippen molar-refractivity contribution >= 4 is 11.9 Å². The average molecular weight is 228 g/mol. The summed E-state index contributed by atoms with van der Waals surface area (Å²) >= 11 is 0. The highest BCUT2D eigenvalue weighted by Gasteiger charge is 2.24. The SMILES string of the molecule is CC(C)CCOC(=O)C[C@@H]1NCCNC1=O. The maximum absolute atomic E-state index is 11.4. The van der Waals surface area contributed by atoms with Crippen molar-refractivity contribution < 1.29 is 14.3 Å². The van der Waals surface area contributed by atoms with Gasteiger partial charge in [0.25, 0.3) is 0 Å². The fraction of sp³-hybridized carbons (Fsp3) is 0.818. The summed E-state index contributed by atoms with van der Waals surface area (Å²) < 4.78 is 5.04. The first-order valence-corrected chi connectivity index (χ1v) is 5.76. The number of hydrogen-bond donors (Lipinski definition) is 2. The molecule has 1 aliphatic rings. The first kappa shape index (κ1) is 13.0. The van der Waals surface area contributed by atoms with Crippen LogP contribution in [0, 0.1) is 5.92 Å². The smallest absolute Gasteiger partial charge is 0.307 e. The molecule has 5 nitrogen and oxygen atoms in total. The molecule has 0 aromatic heterocycles. The van der Waals surface area contributed by atoms with Gasteiger partial charge < -0.3 is 15.4 Å². The standard InChI is InChI=1S/C11H20N2O3/c1-8(2)3-6-16-10(14)7-9-11(15)13-5-4-12-9/h8-9,12H,3-7H2,1-2H3,(H,13,15)/t9-/m0/s1. The molecule has 16 heavy (non-hydrogen) atoms. The number of ether oxygens (including phenoxy) is 1. The van der Waals surface area contributed by atoms with Crippen LogP contribution < -0.4 is 10.6 Å². The Hall–Kier alpha value is -1.10. The molecule has 1 aliphatic heterocycles. The maximum atomic E-state index is 11.4. The topological polar surface area (TPSA) is 67.4 Å². The van der Waals surface area contributed by atoms with Gasteiger partial charge in [0.15, 0.2) is 0 Å². The molecule has 1 atom stereocenters. The summed E-state index contributed by atoms with van der Waals surface area (Å²) in [7, 11) is 0. The Balaban J connectivity index is 2.20. The molecule has 0 spiro atoms. The van der Waals surface area contributed by atoms with Crippen molar-refractivity contribution in [1.82, 2.24) is 10.6 Å². The van der Waals surface area contributed by atoms with Gasteiger partial charge in [0.05, 0.1) is 19.1 Å². The fourth-order valence-electron chi connectivity index (χ4n) is 1.45. The van der Waals surface area contributed by atoms with Crippen molar-refractivity contribution in [2.24, 2.45) is 5.92 Å². The summed E-state index contributed by atoms with van der Waals surface area (Å²) in [6.45, 7) is 5.91. The van der Waals surface area contributed by atoms with Crippen LogP contribution in [-0.2, 0) is 14.3 Å². The maximum Gasteiger partial charge on any atom is 0.307 e. The molecule has 1 fully saturated rings. The second-order valence-electron chi connectivity index (χ2n) is 4.40. The minimum atomic E-state index is -0.430. The molecule has 0 aromatic rings. The lowest BCUT2D eigenvalue weighted by Crippen LogP contribution is -2.53.